The Balaban J connectivity index is 1.07. The molecule has 43 heavy (non-hydrogen) atoms. The van der Waals surface area contributed by atoms with Crippen molar-refractivity contribution in [1.29, 1.82) is 0 Å². The van der Waals surface area contributed by atoms with Gasteiger partial charge in [-0.15, -0.1) is 0 Å². The summed E-state index contributed by atoms with van der Waals surface area (Å²) in [6.07, 6.45) is 5.17. The Morgan fingerprint density at radius 2 is 1.91 bits per heavy atom. The lowest BCUT2D eigenvalue weighted by Crippen LogP contribution is -2.51. The van der Waals surface area contributed by atoms with E-state index in [9.17, 15) is 4.79 Å². The Kier molecular flexibility index (Phi) is 8.78. The van der Waals surface area contributed by atoms with Gasteiger partial charge in [-0.3, -0.25) is 4.79 Å². The standard InChI is InChI=1S/C32H35ClN4O6/c1-21-12-23(36-43-21)14-24(38)13-22-4-5-25(15-27(22)33)42-31-26-16-29(39-2)30(17-28(26)34-20-35-31)41-11-3-8-37-9-6-32(7-10-37)18-40-19-32/h4-5,12,15-17,20H,3,6-11,13-14,18-19H2,1-2H3. The second-order valence-corrected chi connectivity index (χ2v) is 11.8. The summed E-state index contributed by atoms with van der Waals surface area (Å²) in [6, 6.07) is 10.6. The van der Waals surface area contributed by atoms with Crippen molar-refractivity contribution in [2.75, 3.05) is 46.6 Å². The van der Waals surface area contributed by atoms with Gasteiger partial charge >= 0.3 is 0 Å². The van der Waals surface area contributed by atoms with Gasteiger partial charge in [-0.2, -0.15) is 0 Å². The molecule has 0 saturated carbocycles. The molecule has 2 aliphatic heterocycles. The van der Waals surface area contributed by atoms with Crippen molar-refractivity contribution in [2.24, 2.45) is 5.41 Å². The number of aromatic nitrogens is 3. The van der Waals surface area contributed by atoms with E-state index in [-0.39, 0.29) is 18.6 Å². The summed E-state index contributed by atoms with van der Waals surface area (Å²) < 4.78 is 28.4. The largest absolute Gasteiger partial charge is 0.493 e. The highest BCUT2D eigenvalue weighted by Crippen LogP contribution is 2.39. The zero-order valence-electron chi connectivity index (χ0n) is 24.4. The highest BCUT2D eigenvalue weighted by molar-refractivity contribution is 6.31. The number of rotatable bonds is 12. The number of Topliss-reactive ketones (excluding diaryl/α,β-unsaturated/α-hetero) is 1. The van der Waals surface area contributed by atoms with Crippen molar-refractivity contribution < 1.29 is 28.3 Å². The van der Waals surface area contributed by atoms with Gasteiger partial charge < -0.3 is 28.4 Å². The van der Waals surface area contributed by atoms with E-state index in [4.69, 9.17) is 35.1 Å². The number of benzene rings is 2. The molecule has 0 aliphatic carbocycles. The lowest BCUT2D eigenvalue weighted by atomic mass is 9.77. The van der Waals surface area contributed by atoms with Gasteiger partial charge in [0.2, 0.25) is 5.88 Å². The van der Waals surface area contributed by atoms with Crippen LogP contribution in [0.4, 0.5) is 0 Å². The van der Waals surface area contributed by atoms with Crippen LogP contribution in [0.1, 0.15) is 36.3 Å². The topological polar surface area (TPSA) is 109 Å². The normalized spacial score (nSPS) is 16.3. The Morgan fingerprint density at radius 3 is 2.60 bits per heavy atom. The van der Waals surface area contributed by atoms with Crippen LogP contribution in [0.25, 0.3) is 10.9 Å². The molecule has 4 heterocycles. The maximum atomic E-state index is 12.5. The second-order valence-electron chi connectivity index (χ2n) is 11.4. The molecule has 0 atom stereocenters. The highest BCUT2D eigenvalue weighted by Gasteiger charge is 2.40. The molecule has 6 rings (SSSR count). The molecule has 0 N–H and O–H groups in total. The summed E-state index contributed by atoms with van der Waals surface area (Å²) in [4.78, 5) is 23.8. The summed E-state index contributed by atoms with van der Waals surface area (Å²) >= 11 is 6.52. The molecule has 2 fully saturated rings. The van der Waals surface area contributed by atoms with Crippen molar-refractivity contribution in [3.8, 4) is 23.1 Å². The maximum absolute atomic E-state index is 12.5. The third kappa shape index (κ3) is 6.92. The first-order valence-electron chi connectivity index (χ1n) is 14.6. The van der Waals surface area contributed by atoms with E-state index in [1.807, 2.05) is 12.1 Å². The Morgan fingerprint density at radius 1 is 1.07 bits per heavy atom. The summed E-state index contributed by atoms with van der Waals surface area (Å²) in [5.74, 6) is 2.70. The van der Waals surface area contributed by atoms with Crippen molar-refractivity contribution in [1.82, 2.24) is 20.0 Å². The van der Waals surface area contributed by atoms with Gasteiger partial charge in [-0.1, -0.05) is 22.8 Å². The minimum atomic E-state index is -0.0142. The van der Waals surface area contributed by atoms with Crippen molar-refractivity contribution in [2.45, 2.75) is 39.0 Å². The number of ether oxygens (including phenoxy) is 4. The summed E-state index contributed by atoms with van der Waals surface area (Å²) in [6.45, 7) is 7.47. The van der Waals surface area contributed by atoms with Crippen LogP contribution in [0.3, 0.4) is 0 Å². The number of nitrogens with zero attached hydrogens (tertiary/aromatic N) is 4. The number of piperidine rings is 1. The number of methoxy groups -OCH3 is 1. The number of carbonyl (C=O) groups excluding carboxylic acids is 1. The van der Waals surface area contributed by atoms with Crippen LogP contribution in [-0.2, 0) is 22.4 Å². The molecular weight excluding hydrogens is 572 g/mol. The summed E-state index contributed by atoms with van der Waals surface area (Å²) in [5, 5.41) is 4.98. The van der Waals surface area contributed by atoms with E-state index < -0.39 is 0 Å². The number of fused-ring (bicyclic) bond motifs is 1. The molecule has 0 amide bonds. The van der Waals surface area contributed by atoms with Gasteiger partial charge in [-0.25, -0.2) is 9.97 Å². The summed E-state index contributed by atoms with van der Waals surface area (Å²) in [7, 11) is 1.61. The molecule has 226 valence electrons. The van der Waals surface area contributed by atoms with Crippen molar-refractivity contribution in [3.05, 3.63) is 64.8 Å². The third-order valence-electron chi connectivity index (χ3n) is 8.18. The van der Waals surface area contributed by atoms with E-state index in [0.29, 0.717) is 68.1 Å². The number of hydrogen-bond donors (Lipinski definition) is 0. The van der Waals surface area contributed by atoms with E-state index in [0.717, 1.165) is 39.3 Å². The van der Waals surface area contributed by atoms with Crippen LogP contribution < -0.4 is 14.2 Å². The van der Waals surface area contributed by atoms with Gasteiger partial charge in [0.15, 0.2) is 11.5 Å². The SMILES string of the molecule is COc1cc2c(Oc3ccc(CC(=O)Cc4cc(C)on4)c(Cl)c3)ncnc2cc1OCCCN1CCC2(CC1)COC2. The van der Waals surface area contributed by atoms with Crippen LogP contribution in [0, 0.1) is 12.3 Å². The monoisotopic (exact) mass is 606 g/mol. The number of hydrogen-bond acceptors (Lipinski definition) is 10. The fourth-order valence-corrected chi connectivity index (χ4v) is 5.86. The minimum absolute atomic E-state index is 0.0142. The Hall–Kier alpha value is -3.73. The first-order chi connectivity index (χ1) is 20.9. The lowest BCUT2D eigenvalue weighted by Gasteiger charge is -2.47. The average molecular weight is 607 g/mol. The van der Waals surface area contributed by atoms with Crippen LogP contribution in [0.5, 0.6) is 23.1 Å². The molecule has 0 unspecified atom stereocenters. The molecule has 11 heteroatoms. The average Bonchev–Trinajstić information content (AvgIpc) is 3.40. The Labute approximate surface area is 255 Å². The van der Waals surface area contributed by atoms with Crippen LogP contribution in [0.15, 0.2) is 47.2 Å². The van der Waals surface area contributed by atoms with Gasteiger partial charge in [0.05, 0.1) is 49.9 Å². The quantitative estimate of drug-likeness (QED) is 0.189. The number of ketones is 1. The first kappa shape index (κ1) is 29.3. The van der Waals surface area contributed by atoms with E-state index >= 15 is 0 Å². The molecule has 0 radical (unpaired) electrons. The predicted molar refractivity (Wildman–Crippen MR) is 160 cm³/mol. The van der Waals surface area contributed by atoms with Crippen LogP contribution in [0.2, 0.25) is 5.02 Å². The molecular formula is C32H35ClN4O6. The van der Waals surface area contributed by atoms with E-state index in [2.05, 4.69) is 20.0 Å². The van der Waals surface area contributed by atoms with Gasteiger partial charge in [0.1, 0.15) is 23.6 Å². The van der Waals surface area contributed by atoms with Crippen LogP contribution in [-0.4, -0.2) is 72.4 Å². The highest BCUT2D eigenvalue weighted by atomic mass is 35.5. The molecule has 1 spiro atoms. The fourth-order valence-electron chi connectivity index (χ4n) is 5.62. The number of carbonyl (C=O) groups is 1. The summed E-state index contributed by atoms with van der Waals surface area (Å²) in [5.41, 5.74) is 2.42. The minimum Gasteiger partial charge on any atom is -0.493 e. The maximum Gasteiger partial charge on any atom is 0.230 e. The number of halogens is 1. The predicted octanol–water partition coefficient (Wildman–Crippen LogP) is 5.62. The van der Waals surface area contributed by atoms with E-state index in [1.54, 1.807) is 38.3 Å². The van der Waals surface area contributed by atoms with Crippen LogP contribution >= 0.6 is 11.6 Å². The smallest absolute Gasteiger partial charge is 0.230 e. The lowest BCUT2D eigenvalue weighted by molar-refractivity contribution is -0.139. The van der Waals surface area contributed by atoms with Gasteiger partial charge in [0.25, 0.3) is 0 Å². The van der Waals surface area contributed by atoms with Gasteiger partial charge in [-0.05, 0) is 63.0 Å². The molecule has 2 saturated heterocycles. The number of aryl methyl sites for hydroxylation is 1. The van der Waals surface area contributed by atoms with Gasteiger partial charge in [0, 0.05) is 35.5 Å². The first-order valence-corrected chi connectivity index (χ1v) is 14.9. The zero-order chi connectivity index (χ0) is 29.8. The Bertz CT molecular complexity index is 1590. The number of likely N-dealkylation sites (tertiary alicyclic amines) is 1. The fraction of sp³-hybridized carbons (Fsp3) is 0.438. The molecule has 10 nitrogen and oxygen atoms in total. The molecule has 2 aromatic carbocycles. The van der Waals surface area contributed by atoms with Crippen molar-refractivity contribution in [3.63, 3.8) is 0 Å². The van der Waals surface area contributed by atoms with Crippen molar-refractivity contribution >= 4 is 28.3 Å². The zero-order valence-corrected chi connectivity index (χ0v) is 25.2. The molecule has 2 aromatic heterocycles. The molecule has 2 aliphatic rings. The molecule has 4 aromatic rings. The van der Waals surface area contributed by atoms with E-state index in [1.165, 1.54) is 19.2 Å². The molecule has 0 bridgehead atoms. The second kappa shape index (κ2) is 12.9. The third-order valence-corrected chi connectivity index (χ3v) is 8.53.